The lowest BCUT2D eigenvalue weighted by atomic mass is 9.79. The van der Waals surface area contributed by atoms with E-state index in [9.17, 15) is 9.59 Å². The summed E-state index contributed by atoms with van der Waals surface area (Å²) in [5.74, 6) is 0.0692. The van der Waals surface area contributed by atoms with Gasteiger partial charge in [0.05, 0.1) is 0 Å². The molecule has 2 amide bonds. The summed E-state index contributed by atoms with van der Waals surface area (Å²) < 4.78 is 0. The molecule has 2 saturated heterocycles. The lowest BCUT2D eigenvalue weighted by molar-refractivity contribution is -0.131. The average molecular weight is 503 g/mol. The summed E-state index contributed by atoms with van der Waals surface area (Å²) >= 11 is 0. The number of unbranched alkanes of at least 4 members (excludes halogenated alkanes) is 3. The van der Waals surface area contributed by atoms with Crippen LogP contribution in [-0.2, 0) is 9.59 Å². The predicted octanol–water partition coefficient (Wildman–Crippen LogP) is 5.19. The van der Waals surface area contributed by atoms with Crippen molar-refractivity contribution in [3.05, 3.63) is 25.3 Å². The van der Waals surface area contributed by atoms with Crippen LogP contribution in [-0.4, -0.2) is 68.9 Å². The van der Waals surface area contributed by atoms with Gasteiger partial charge in [0.15, 0.2) is 0 Å². The summed E-state index contributed by atoms with van der Waals surface area (Å²) in [6, 6.07) is 0.433. The Hall–Kier alpha value is -1.66. The second-order valence-corrected chi connectivity index (χ2v) is 13.8. The van der Waals surface area contributed by atoms with Gasteiger partial charge < -0.3 is 20.4 Å². The fourth-order valence-corrected chi connectivity index (χ4v) is 7.08. The van der Waals surface area contributed by atoms with E-state index in [4.69, 9.17) is 0 Å². The van der Waals surface area contributed by atoms with E-state index in [-0.39, 0.29) is 46.1 Å². The van der Waals surface area contributed by atoms with Gasteiger partial charge in [-0.25, -0.2) is 0 Å². The van der Waals surface area contributed by atoms with Crippen molar-refractivity contribution >= 4 is 11.8 Å². The molecule has 6 nitrogen and oxygen atoms in total. The Balaban J connectivity index is 1.91. The maximum Gasteiger partial charge on any atom is 0.246 e. The van der Waals surface area contributed by atoms with Crippen molar-refractivity contribution in [3.63, 3.8) is 0 Å². The Morgan fingerprint density at radius 2 is 0.917 bits per heavy atom. The highest BCUT2D eigenvalue weighted by molar-refractivity contribution is 5.87. The summed E-state index contributed by atoms with van der Waals surface area (Å²) in [5.41, 5.74) is -0.0356. The number of nitrogens with one attached hydrogen (secondary N) is 2. The fraction of sp³-hybridized carbons (Fsp3) is 0.800. The molecule has 2 aliphatic heterocycles. The highest BCUT2D eigenvalue weighted by atomic mass is 16.2. The van der Waals surface area contributed by atoms with Crippen LogP contribution in [0.3, 0.4) is 0 Å². The smallest absolute Gasteiger partial charge is 0.246 e. The third-order valence-corrected chi connectivity index (χ3v) is 7.68. The van der Waals surface area contributed by atoms with E-state index in [0.29, 0.717) is 0 Å². The topological polar surface area (TPSA) is 64.7 Å². The third-order valence-electron chi connectivity index (χ3n) is 7.68. The third kappa shape index (κ3) is 9.02. The molecule has 2 rings (SSSR count). The Kier molecular flexibility index (Phi) is 10.0. The second-order valence-electron chi connectivity index (χ2n) is 13.8. The summed E-state index contributed by atoms with van der Waals surface area (Å²) in [7, 11) is 0. The van der Waals surface area contributed by atoms with Crippen molar-refractivity contribution in [1.29, 1.82) is 0 Å². The fourth-order valence-electron chi connectivity index (χ4n) is 7.08. The molecule has 0 bridgehead atoms. The molecular weight excluding hydrogens is 448 g/mol. The minimum absolute atomic E-state index is 0.00889. The molecule has 0 spiro atoms. The summed E-state index contributed by atoms with van der Waals surface area (Å²) in [5, 5.41) is 7.42. The van der Waals surface area contributed by atoms with Crippen molar-refractivity contribution < 1.29 is 9.59 Å². The molecule has 0 saturated carbocycles. The van der Waals surface area contributed by atoms with Crippen LogP contribution in [0.1, 0.15) is 107 Å². The molecule has 6 heteroatoms. The van der Waals surface area contributed by atoms with Crippen LogP contribution in [0.2, 0.25) is 0 Å². The van der Waals surface area contributed by atoms with Crippen molar-refractivity contribution in [2.45, 2.75) is 141 Å². The molecule has 0 aromatic rings. The van der Waals surface area contributed by atoms with Crippen molar-refractivity contribution in [1.82, 2.24) is 20.4 Å². The second kappa shape index (κ2) is 11.8. The number of hydrogen-bond donors (Lipinski definition) is 2. The number of carbonyl (C=O) groups excluding carboxylic acids is 2. The largest absolute Gasteiger partial charge is 0.336 e. The van der Waals surface area contributed by atoms with Gasteiger partial charge >= 0.3 is 0 Å². The Labute approximate surface area is 221 Å². The molecule has 2 aliphatic rings. The molecule has 36 heavy (non-hydrogen) atoms. The van der Waals surface area contributed by atoms with Crippen LogP contribution in [0.5, 0.6) is 0 Å². The van der Waals surface area contributed by atoms with Gasteiger partial charge in [-0.3, -0.25) is 9.59 Å². The molecular formula is C30H54N4O2. The number of hydrogen-bond acceptors (Lipinski definition) is 4. The van der Waals surface area contributed by atoms with Crippen LogP contribution >= 0.6 is 0 Å². The van der Waals surface area contributed by atoms with E-state index in [1.807, 2.05) is 9.80 Å². The Bertz CT molecular complexity index is 701. The SMILES string of the molecule is C=CC(=O)N(CCCCCCN(C(=O)C=C)C1CC(C)(C)NC(C)(C)C1)C1CC(C)(C)NC(C)(C)C1. The predicted molar refractivity (Wildman–Crippen MR) is 151 cm³/mol. The number of carbonyl (C=O) groups is 2. The van der Waals surface area contributed by atoms with Crippen molar-refractivity contribution in [2.24, 2.45) is 0 Å². The van der Waals surface area contributed by atoms with Gasteiger partial charge in [0.2, 0.25) is 11.8 Å². The minimum atomic E-state index is -0.00889. The summed E-state index contributed by atoms with van der Waals surface area (Å²) in [6.07, 6.45) is 10.7. The van der Waals surface area contributed by atoms with Crippen molar-refractivity contribution in [3.8, 4) is 0 Å². The molecule has 2 N–H and O–H groups in total. The molecule has 0 aliphatic carbocycles. The van der Waals surface area contributed by atoms with Gasteiger partial charge in [-0.2, -0.15) is 0 Å². The molecule has 0 aromatic carbocycles. The molecule has 2 heterocycles. The molecule has 206 valence electrons. The van der Waals surface area contributed by atoms with Crippen LogP contribution in [0.15, 0.2) is 25.3 Å². The monoisotopic (exact) mass is 502 g/mol. The number of nitrogens with zero attached hydrogens (tertiary/aromatic N) is 2. The zero-order valence-electron chi connectivity index (χ0n) is 24.5. The quantitative estimate of drug-likeness (QED) is 0.301. The van der Waals surface area contributed by atoms with E-state index in [2.05, 4.69) is 79.2 Å². The van der Waals surface area contributed by atoms with E-state index in [0.717, 1.165) is 64.5 Å². The van der Waals surface area contributed by atoms with Crippen LogP contribution < -0.4 is 10.6 Å². The molecule has 0 radical (unpaired) electrons. The zero-order chi connectivity index (χ0) is 27.4. The van der Waals surface area contributed by atoms with Crippen LogP contribution in [0, 0.1) is 0 Å². The first-order chi connectivity index (χ1) is 16.5. The Morgan fingerprint density at radius 3 is 1.17 bits per heavy atom. The van der Waals surface area contributed by atoms with Gasteiger partial charge in [0, 0.05) is 47.3 Å². The first kappa shape index (κ1) is 30.6. The van der Waals surface area contributed by atoms with Gasteiger partial charge in [0.1, 0.15) is 0 Å². The lowest BCUT2D eigenvalue weighted by Gasteiger charge is -2.49. The highest BCUT2D eigenvalue weighted by Gasteiger charge is 2.42. The lowest BCUT2D eigenvalue weighted by Crippen LogP contribution is -2.62. The molecule has 2 fully saturated rings. The summed E-state index contributed by atoms with van der Waals surface area (Å²) in [6.45, 7) is 26.8. The standard InChI is InChI=1S/C30H54N4O2/c1-11-25(35)33(23-19-27(3,4)31-28(5,6)20-23)17-15-13-14-16-18-34(26(36)12-2)24-21-29(7,8)32-30(9,10)22-24/h11-12,23-24,31-32H,1-2,13-22H2,3-10H3. The van der Waals surface area contributed by atoms with Gasteiger partial charge in [0.25, 0.3) is 0 Å². The van der Waals surface area contributed by atoms with E-state index in [1.54, 1.807) is 0 Å². The van der Waals surface area contributed by atoms with E-state index >= 15 is 0 Å². The van der Waals surface area contributed by atoms with Crippen LogP contribution in [0.4, 0.5) is 0 Å². The molecule has 0 aromatic heterocycles. The molecule has 0 atom stereocenters. The zero-order valence-corrected chi connectivity index (χ0v) is 24.5. The minimum Gasteiger partial charge on any atom is -0.336 e. The maximum atomic E-state index is 12.8. The van der Waals surface area contributed by atoms with Crippen molar-refractivity contribution in [2.75, 3.05) is 13.1 Å². The van der Waals surface area contributed by atoms with Gasteiger partial charge in [-0.15, -0.1) is 0 Å². The number of rotatable bonds is 11. The normalized spacial score (nSPS) is 23.0. The molecule has 0 unspecified atom stereocenters. The van der Waals surface area contributed by atoms with Gasteiger partial charge in [-0.1, -0.05) is 26.0 Å². The Morgan fingerprint density at radius 1 is 0.639 bits per heavy atom. The van der Waals surface area contributed by atoms with E-state index < -0.39 is 0 Å². The van der Waals surface area contributed by atoms with E-state index in [1.165, 1.54) is 12.2 Å². The summed E-state index contributed by atoms with van der Waals surface area (Å²) in [4.78, 5) is 29.6. The first-order valence-electron chi connectivity index (χ1n) is 13.9. The highest BCUT2D eigenvalue weighted by Crippen LogP contribution is 2.33. The maximum absolute atomic E-state index is 12.8. The van der Waals surface area contributed by atoms with Gasteiger partial charge in [-0.05, 0) is 106 Å². The average Bonchev–Trinajstić information content (AvgIpc) is 2.70. The first-order valence-corrected chi connectivity index (χ1v) is 13.9. The number of amides is 2. The number of piperidine rings is 2. The van der Waals surface area contributed by atoms with Crippen LogP contribution in [0.25, 0.3) is 0 Å².